The first-order valence-corrected chi connectivity index (χ1v) is 10.5. The molecule has 0 bridgehead atoms. The van der Waals surface area contributed by atoms with Crippen LogP contribution in [0.5, 0.6) is 0 Å². The van der Waals surface area contributed by atoms with E-state index >= 15 is 0 Å². The molecule has 0 saturated carbocycles. The fourth-order valence-corrected chi connectivity index (χ4v) is 3.06. The van der Waals surface area contributed by atoms with Crippen LogP contribution >= 0.6 is 0 Å². The minimum atomic E-state index is -0.614. The third kappa shape index (κ3) is 8.38. The summed E-state index contributed by atoms with van der Waals surface area (Å²) in [6.07, 6.45) is 2.19. The number of hydrogen-bond donors (Lipinski definition) is 0. The van der Waals surface area contributed by atoms with E-state index in [1.165, 1.54) is 0 Å². The number of carbonyl (C=O) groups excluding carboxylic acids is 1. The molecule has 3 aromatic rings. The molecule has 3 rings (SSSR count). The molecule has 3 aromatic carbocycles. The van der Waals surface area contributed by atoms with Crippen molar-refractivity contribution in [2.45, 2.75) is 32.0 Å². The van der Waals surface area contributed by atoms with Crippen LogP contribution in [0.15, 0.2) is 103 Å². The topological polar surface area (TPSA) is 54.0 Å². The Hall–Kier alpha value is -3.41. The van der Waals surface area contributed by atoms with Gasteiger partial charge in [-0.2, -0.15) is 0 Å². The summed E-state index contributed by atoms with van der Waals surface area (Å²) in [5, 5.41) is 0. The highest BCUT2D eigenvalue weighted by Gasteiger charge is 2.22. The van der Waals surface area contributed by atoms with Gasteiger partial charge in [-0.1, -0.05) is 91.0 Å². The Labute approximate surface area is 189 Å². The van der Waals surface area contributed by atoms with Crippen LogP contribution in [0.1, 0.15) is 16.7 Å². The summed E-state index contributed by atoms with van der Waals surface area (Å²) in [5.74, 6) is 0. The molecule has 0 heterocycles. The molecule has 0 radical (unpaired) electrons. The zero-order chi connectivity index (χ0) is 22.3. The van der Waals surface area contributed by atoms with Gasteiger partial charge in [-0.05, 0) is 22.8 Å². The van der Waals surface area contributed by atoms with Gasteiger partial charge in [-0.15, -0.1) is 0 Å². The Morgan fingerprint density at radius 1 is 0.688 bits per heavy atom. The van der Waals surface area contributed by atoms with E-state index < -0.39 is 12.2 Å². The van der Waals surface area contributed by atoms with Crippen molar-refractivity contribution in [3.05, 3.63) is 120 Å². The lowest BCUT2D eigenvalue weighted by atomic mass is 10.2. The molecule has 0 aliphatic carbocycles. The maximum Gasteiger partial charge on any atom is 0.293 e. The van der Waals surface area contributed by atoms with E-state index in [1.807, 2.05) is 91.0 Å². The lowest BCUT2D eigenvalue weighted by molar-refractivity contribution is -0.146. The molecule has 0 spiro atoms. The normalized spacial score (nSPS) is 12.9. The Kier molecular flexibility index (Phi) is 10.0. The van der Waals surface area contributed by atoms with E-state index in [0.29, 0.717) is 26.3 Å². The van der Waals surface area contributed by atoms with Crippen LogP contribution in [0.2, 0.25) is 0 Å². The molecule has 0 amide bonds. The molecule has 0 N–H and O–H groups in total. The SMILES string of the molecule is O=CO[C@H](COCc1ccccc1)[C@@H](/C=C/OCc1ccccc1)OCc1ccccc1. The summed E-state index contributed by atoms with van der Waals surface area (Å²) in [4.78, 5) is 11.2. The molecular weight excluding hydrogens is 404 g/mol. The van der Waals surface area contributed by atoms with Gasteiger partial charge in [0.15, 0.2) is 6.10 Å². The Bertz CT molecular complexity index is 913. The lowest BCUT2D eigenvalue weighted by Gasteiger charge is -2.23. The largest absolute Gasteiger partial charge is 0.497 e. The van der Waals surface area contributed by atoms with E-state index in [1.54, 1.807) is 12.3 Å². The Morgan fingerprint density at radius 3 is 1.78 bits per heavy atom. The first kappa shape index (κ1) is 23.3. The van der Waals surface area contributed by atoms with Gasteiger partial charge in [-0.3, -0.25) is 4.79 Å². The van der Waals surface area contributed by atoms with E-state index in [9.17, 15) is 4.79 Å². The molecule has 0 aliphatic rings. The van der Waals surface area contributed by atoms with Crippen LogP contribution in [0.4, 0.5) is 0 Å². The van der Waals surface area contributed by atoms with Crippen molar-refractivity contribution in [2.75, 3.05) is 6.61 Å². The van der Waals surface area contributed by atoms with Crippen LogP contribution in [0.3, 0.4) is 0 Å². The van der Waals surface area contributed by atoms with Crippen molar-refractivity contribution in [1.82, 2.24) is 0 Å². The van der Waals surface area contributed by atoms with Crippen molar-refractivity contribution in [2.24, 2.45) is 0 Å². The van der Waals surface area contributed by atoms with Gasteiger partial charge in [-0.25, -0.2) is 0 Å². The quantitative estimate of drug-likeness (QED) is 0.263. The van der Waals surface area contributed by atoms with Crippen molar-refractivity contribution >= 4 is 6.47 Å². The number of rotatable bonds is 14. The molecule has 166 valence electrons. The zero-order valence-corrected chi connectivity index (χ0v) is 17.9. The minimum absolute atomic E-state index is 0.191. The molecule has 5 nitrogen and oxygen atoms in total. The second-order valence-electron chi connectivity index (χ2n) is 7.16. The molecule has 5 heteroatoms. The maximum atomic E-state index is 11.2. The smallest absolute Gasteiger partial charge is 0.293 e. The van der Waals surface area contributed by atoms with Crippen molar-refractivity contribution in [1.29, 1.82) is 0 Å². The van der Waals surface area contributed by atoms with Crippen LogP contribution in [-0.2, 0) is 43.6 Å². The summed E-state index contributed by atoms with van der Waals surface area (Å²) in [5.41, 5.74) is 3.12. The summed E-state index contributed by atoms with van der Waals surface area (Å²) < 4.78 is 22.8. The molecule has 0 unspecified atom stereocenters. The fourth-order valence-electron chi connectivity index (χ4n) is 3.06. The summed E-state index contributed by atoms with van der Waals surface area (Å²) in [6, 6.07) is 29.5. The fraction of sp³-hybridized carbons (Fsp3) is 0.222. The highest BCUT2D eigenvalue weighted by atomic mass is 16.6. The maximum absolute atomic E-state index is 11.2. The average Bonchev–Trinajstić information content (AvgIpc) is 2.85. The molecular formula is C27H28O5. The molecule has 32 heavy (non-hydrogen) atoms. The number of benzene rings is 3. The number of carbonyl (C=O) groups is 1. The summed E-state index contributed by atoms with van der Waals surface area (Å²) >= 11 is 0. The average molecular weight is 433 g/mol. The van der Waals surface area contributed by atoms with E-state index in [4.69, 9.17) is 18.9 Å². The Balaban J connectivity index is 1.61. The second kappa shape index (κ2) is 13.8. The molecule has 0 fully saturated rings. The molecule has 0 aliphatic heterocycles. The number of ether oxygens (including phenoxy) is 4. The predicted molar refractivity (Wildman–Crippen MR) is 122 cm³/mol. The third-order valence-corrected chi connectivity index (χ3v) is 4.73. The van der Waals surface area contributed by atoms with Crippen LogP contribution in [0, 0.1) is 0 Å². The second-order valence-corrected chi connectivity index (χ2v) is 7.16. The first-order valence-electron chi connectivity index (χ1n) is 10.5. The van der Waals surface area contributed by atoms with Crippen LogP contribution in [-0.4, -0.2) is 25.3 Å². The molecule has 0 aromatic heterocycles. The van der Waals surface area contributed by atoms with E-state index in [-0.39, 0.29) is 6.61 Å². The monoisotopic (exact) mass is 432 g/mol. The summed E-state index contributed by atoms with van der Waals surface area (Å²) in [6.45, 7) is 1.84. The Morgan fingerprint density at radius 2 is 1.22 bits per heavy atom. The molecule has 0 saturated heterocycles. The molecule has 2 atom stereocenters. The minimum Gasteiger partial charge on any atom is -0.497 e. The van der Waals surface area contributed by atoms with Gasteiger partial charge in [0, 0.05) is 0 Å². The van der Waals surface area contributed by atoms with Crippen LogP contribution in [0.25, 0.3) is 0 Å². The first-order chi connectivity index (χ1) is 15.8. The van der Waals surface area contributed by atoms with Gasteiger partial charge in [0.1, 0.15) is 12.7 Å². The lowest BCUT2D eigenvalue weighted by Crippen LogP contribution is -2.34. The summed E-state index contributed by atoms with van der Waals surface area (Å²) in [7, 11) is 0. The highest BCUT2D eigenvalue weighted by molar-refractivity contribution is 5.37. The zero-order valence-electron chi connectivity index (χ0n) is 17.9. The van der Waals surface area contributed by atoms with Gasteiger partial charge in [0.2, 0.25) is 0 Å². The predicted octanol–water partition coefficient (Wildman–Crippen LogP) is 5.06. The number of hydrogen-bond acceptors (Lipinski definition) is 5. The van der Waals surface area contributed by atoms with Crippen molar-refractivity contribution < 1.29 is 23.7 Å². The van der Waals surface area contributed by atoms with E-state index in [2.05, 4.69) is 0 Å². The van der Waals surface area contributed by atoms with Gasteiger partial charge in [0.05, 0.1) is 26.1 Å². The van der Waals surface area contributed by atoms with Crippen molar-refractivity contribution in [3.63, 3.8) is 0 Å². The van der Waals surface area contributed by atoms with Gasteiger partial charge in [0.25, 0.3) is 6.47 Å². The standard InChI is InChI=1S/C27H28O5/c28-22-32-27(21-30-19-24-12-6-2-7-13-24)26(31-20-25-14-8-3-9-15-25)16-17-29-18-23-10-4-1-5-11-23/h1-17,22,26-27H,18-21H2/b17-16+/t26-,27-/m1/s1. The van der Waals surface area contributed by atoms with Crippen molar-refractivity contribution in [3.8, 4) is 0 Å². The van der Waals surface area contributed by atoms with Crippen LogP contribution < -0.4 is 0 Å². The van der Waals surface area contributed by atoms with Gasteiger partial charge >= 0.3 is 0 Å². The van der Waals surface area contributed by atoms with E-state index in [0.717, 1.165) is 16.7 Å². The van der Waals surface area contributed by atoms with Gasteiger partial charge < -0.3 is 18.9 Å². The third-order valence-electron chi connectivity index (χ3n) is 4.73. The highest BCUT2D eigenvalue weighted by Crippen LogP contribution is 2.13.